The second-order valence-electron chi connectivity index (χ2n) is 7.33. The fourth-order valence-electron chi connectivity index (χ4n) is 3.46. The normalized spacial score (nSPS) is 19.6. The Balaban J connectivity index is 1.77. The van der Waals surface area contributed by atoms with Crippen molar-refractivity contribution in [2.24, 2.45) is 5.92 Å². The van der Waals surface area contributed by atoms with Crippen LogP contribution in [0.1, 0.15) is 36.0 Å². The van der Waals surface area contributed by atoms with Crippen molar-refractivity contribution in [3.8, 4) is 0 Å². The number of halogens is 5. The molecule has 0 aromatic heterocycles. The number of sulfonamides is 1. The van der Waals surface area contributed by atoms with Gasteiger partial charge in [-0.2, -0.15) is 13.2 Å². The highest BCUT2D eigenvalue weighted by Gasteiger charge is 2.42. The van der Waals surface area contributed by atoms with Crippen LogP contribution in [0.3, 0.4) is 0 Å². The molecule has 1 aliphatic rings. The van der Waals surface area contributed by atoms with E-state index in [4.69, 9.17) is 11.6 Å². The third-order valence-electron chi connectivity index (χ3n) is 5.06. The van der Waals surface area contributed by atoms with Gasteiger partial charge in [0.15, 0.2) is 0 Å². The van der Waals surface area contributed by atoms with Gasteiger partial charge in [-0.05, 0) is 61.7 Å². The first-order valence-electron chi connectivity index (χ1n) is 9.41. The van der Waals surface area contributed by atoms with Crippen LogP contribution < -0.4 is 10.0 Å². The zero-order chi connectivity index (χ0) is 22.8. The minimum atomic E-state index is -4.33. The van der Waals surface area contributed by atoms with Crippen LogP contribution in [0.15, 0.2) is 47.4 Å². The van der Waals surface area contributed by atoms with E-state index in [0.717, 1.165) is 18.2 Å². The smallest absolute Gasteiger partial charge is 0.349 e. The van der Waals surface area contributed by atoms with Crippen molar-refractivity contribution in [3.05, 3.63) is 58.9 Å². The van der Waals surface area contributed by atoms with Crippen LogP contribution in [-0.2, 0) is 10.0 Å². The van der Waals surface area contributed by atoms with Gasteiger partial charge >= 0.3 is 6.18 Å². The quantitative estimate of drug-likeness (QED) is 0.585. The zero-order valence-electron chi connectivity index (χ0n) is 16.0. The molecule has 0 spiro atoms. The molecule has 2 N–H and O–H groups in total. The molecule has 0 radical (unpaired) electrons. The first-order valence-corrected chi connectivity index (χ1v) is 11.3. The number of alkyl halides is 3. The lowest BCUT2D eigenvalue weighted by Crippen LogP contribution is -2.41. The molecule has 2 aromatic carbocycles. The van der Waals surface area contributed by atoms with Crippen molar-refractivity contribution >= 4 is 33.2 Å². The fourth-order valence-corrected chi connectivity index (χ4v) is 4.75. The lowest BCUT2D eigenvalue weighted by molar-refractivity contribution is -0.183. The molecule has 2 atom stereocenters. The maximum atomic E-state index is 13.0. The molecule has 0 saturated heterocycles. The van der Waals surface area contributed by atoms with Gasteiger partial charge in [0.2, 0.25) is 0 Å². The van der Waals surface area contributed by atoms with Crippen LogP contribution in [0.4, 0.5) is 23.2 Å². The van der Waals surface area contributed by atoms with Gasteiger partial charge in [0.05, 0.1) is 21.4 Å². The van der Waals surface area contributed by atoms with Crippen molar-refractivity contribution in [1.29, 1.82) is 0 Å². The zero-order valence-corrected chi connectivity index (χ0v) is 17.6. The van der Waals surface area contributed by atoms with Gasteiger partial charge in [0.1, 0.15) is 5.82 Å². The number of carbonyl (C=O) groups is 1. The summed E-state index contributed by atoms with van der Waals surface area (Å²) in [6.07, 6.45) is -3.85. The van der Waals surface area contributed by atoms with Gasteiger partial charge in [-0.15, -0.1) is 0 Å². The molecule has 3 rings (SSSR count). The molecule has 1 amide bonds. The summed E-state index contributed by atoms with van der Waals surface area (Å²) in [5.74, 6) is -2.78. The first-order chi connectivity index (χ1) is 14.5. The third kappa shape index (κ3) is 5.88. The third-order valence-corrected chi connectivity index (χ3v) is 6.77. The van der Waals surface area contributed by atoms with Gasteiger partial charge < -0.3 is 5.32 Å². The number of anilines is 1. The molecule has 1 fully saturated rings. The number of nitrogens with one attached hydrogen (secondary N) is 2. The minimum Gasteiger partial charge on any atom is -0.349 e. The standard InChI is InChI=1S/C20H19ClF4N2O3S/c21-18-9-8-16(31(29,30)27-14-6-4-13(22)5-7-14)11-17(18)19(28)26-15-3-1-2-12(10-15)20(23,24)25/h4-9,11-12,15,27H,1-3,10H2,(H,26,28). The second-order valence-corrected chi connectivity index (χ2v) is 9.42. The van der Waals surface area contributed by atoms with Crippen LogP contribution in [0.5, 0.6) is 0 Å². The fraction of sp³-hybridized carbons (Fsp3) is 0.350. The maximum absolute atomic E-state index is 13.0. The van der Waals surface area contributed by atoms with Crippen molar-refractivity contribution < 1.29 is 30.8 Å². The van der Waals surface area contributed by atoms with Crippen molar-refractivity contribution in [2.75, 3.05) is 4.72 Å². The number of carbonyl (C=O) groups excluding carboxylic acids is 1. The molecule has 0 aliphatic heterocycles. The predicted octanol–water partition coefficient (Wildman–Crippen LogP) is 5.13. The van der Waals surface area contributed by atoms with Crippen molar-refractivity contribution in [1.82, 2.24) is 5.32 Å². The van der Waals surface area contributed by atoms with Crippen molar-refractivity contribution in [2.45, 2.75) is 42.8 Å². The number of amides is 1. The summed E-state index contributed by atoms with van der Waals surface area (Å²) in [6, 6.07) is 7.39. The summed E-state index contributed by atoms with van der Waals surface area (Å²) in [6.45, 7) is 0. The molecule has 31 heavy (non-hydrogen) atoms. The molecular weight excluding hydrogens is 460 g/mol. The van der Waals surface area contributed by atoms with E-state index in [9.17, 15) is 30.8 Å². The Kier molecular flexibility index (Phi) is 6.80. The molecule has 1 aliphatic carbocycles. The lowest BCUT2D eigenvalue weighted by Gasteiger charge is -2.31. The highest BCUT2D eigenvalue weighted by atomic mass is 35.5. The largest absolute Gasteiger partial charge is 0.391 e. The van der Waals surface area contributed by atoms with Gasteiger partial charge in [-0.3, -0.25) is 9.52 Å². The Hall–Kier alpha value is -2.33. The molecule has 2 aromatic rings. The lowest BCUT2D eigenvalue weighted by atomic mass is 9.85. The van der Waals surface area contributed by atoms with Crippen LogP contribution >= 0.6 is 11.6 Å². The number of benzene rings is 2. The predicted molar refractivity (Wildman–Crippen MR) is 108 cm³/mol. The highest BCUT2D eigenvalue weighted by Crippen LogP contribution is 2.37. The minimum absolute atomic E-state index is 0.0133. The van der Waals surface area contributed by atoms with E-state index in [2.05, 4.69) is 10.0 Å². The van der Waals surface area contributed by atoms with Crippen LogP contribution in [0.25, 0.3) is 0 Å². The summed E-state index contributed by atoms with van der Waals surface area (Å²) in [7, 11) is -4.12. The molecule has 0 bridgehead atoms. The van der Waals surface area contributed by atoms with E-state index in [0.29, 0.717) is 12.8 Å². The molecule has 11 heteroatoms. The Morgan fingerprint density at radius 1 is 1.06 bits per heavy atom. The SMILES string of the molecule is O=C(NC1CCCC(C(F)(F)F)C1)c1cc(S(=O)(=O)Nc2ccc(F)cc2)ccc1Cl. The Labute approximate surface area is 181 Å². The topological polar surface area (TPSA) is 75.3 Å². The average Bonchev–Trinajstić information content (AvgIpc) is 2.69. The van der Waals surface area contributed by atoms with E-state index in [1.165, 1.54) is 24.3 Å². The summed E-state index contributed by atoms with van der Waals surface area (Å²) in [4.78, 5) is 12.4. The van der Waals surface area contributed by atoms with Gasteiger partial charge in [-0.1, -0.05) is 18.0 Å². The summed E-state index contributed by atoms with van der Waals surface area (Å²) >= 11 is 6.04. The second kappa shape index (κ2) is 9.04. The van der Waals surface area contributed by atoms with Gasteiger partial charge in [0.25, 0.3) is 15.9 Å². The molecule has 5 nitrogen and oxygen atoms in total. The Bertz CT molecular complexity index is 1060. The van der Waals surface area contributed by atoms with Crippen LogP contribution in [0.2, 0.25) is 5.02 Å². The van der Waals surface area contributed by atoms with Crippen LogP contribution in [0, 0.1) is 11.7 Å². The van der Waals surface area contributed by atoms with E-state index in [1.54, 1.807) is 0 Å². The molecule has 168 valence electrons. The summed E-state index contributed by atoms with van der Waals surface area (Å²) in [5, 5.41) is 2.49. The molecule has 2 unspecified atom stereocenters. The van der Waals surface area contributed by atoms with Gasteiger partial charge in [-0.25, -0.2) is 12.8 Å². The van der Waals surface area contributed by atoms with E-state index in [-0.39, 0.29) is 34.0 Å². The number of hydrogen-bond acceptors (Lipinski definition) is 3. The molecular formula is C20H19ClF4N2O3S. The van der Waals surface area contributed by atoms with E-state index < -0.39 is 39.9 Å². The number of rotatable bonds is 5. The summed E-state index contributed by atoms with van der Waals surface area (Å²) < 4.78 is 79.5. The highest BCUT2D eigenvalue weighted by molar-refractivity contribution is 7.92. The first kappa shape index (κ1) is 23.3. The monoisotopic (exact) mass is 478 g/mol. The van der Waals surface area contributed by atoms with E-state index in [1.807, 2.05) is 0 Å². The molecule has 0 heterocycles. The van der Waals surface area contributed by atoms with Crippen molar-refractivity contribution in [3.63, 3.8) is 0 Å². The maximum Gasteiger partial charge on any atom is 0.391 e. The Morgan fingerprint density at radius 2 is 1.74 bits per heavy atom. The van der Waals surface area contributed by atoms with E-state index >= 15 is 0 Å². The molecule has 1 saturated carbocycles. The Morgan fingerprint density at radius 3 is 2.39 bits per heavy atom. The average molecular weight is 479 g/mol. The summed E-state index contributed by atoms with van der Waals surface area (Å²) in [5.41, 5.74) is -0.0551. The van der Waals surface area contributed by atoms with Crippen LogP contribution in [-0.4, -0.2) is 26.5 Å². The van der Waals surface area contributed by atoms with Gasteiger partial charge in [0, 0.05) is 11.7 Å². The number of hydrogen-bond donors (Lipinski definition) is 2.